The van der Waals surface area contributed by atoms with Gasteiger partial charge in [0.15, 0.2) is 5.75 Å². The summed E-state index contributed by atoms with van der Waals surface area (Å²) in [5.74, 6) is 2.75. The average Bonchev–Trinajstić information content (AvgIpc) is 3.20. The molecule has 0 atom stereocenters. The molecule has 4 aromatic rings. The molecule has 5 nitrogen and oxygen atoms in total. The minimum atomic E-state index is -0.394. The zero-order chi connectivity index (χ0) is 23.4. The minimum absolute atomic E-state index is 0.394. The third-order valence-electron chi connectivity index (χ3n) is 5.22. The van der Waals surface area contributed by atoms with Crippen molar-refractivity contribution in [3.8, 4) is 33.4 Å². The molecule has 0 aliphatic rings. The highest BCUT2D eigenvalue weighted by Crippen LogP contribution is 2.47. The summed E-state index contributed by atoms with van der Waals surface area (Å²) in [7, 11) is 4.69. The Morgan fingerprint density at radius 2 is 1.64 bits per heavy atom. The van der Waals surface area contributed by atoms with Crippen molar-refractivity contribution in [1.29, 1.82) is 0 Å². The van der Waals surface area contributed by atoms with Gasteiger partial charge in [-0.3, -0.25) is 0 Å². The van der Waals surface area contributed by atoms with E-state index in [1.807, 2.05) is 61.5 Å². The van der Waals surface area contributed by atoms with Gasteiger partial charge in [0.1, 0.15) is 17.2 Å². The molecule has 0 fully saturated rings. The fraction of sp³-hybridized carbons (Fsp3) is 0.148. The lowest BCUT2D eigenvalue weighted by molar-refractivity contribution is -0.134. The van der Waals surface area contributed by atoms with Crippen LogP contribution in [-0.2, 0) is 9.53 Å². The monoisotopic (exact) mass is 460 g/mol. The van der Waals surface area contributed by atoms with Gasteiger partial charge in [0, 0.05) is 16.2 Å². The van der Waals surface area contributed by atoms with Crippen LogP contribution in [0.5, 0.6) is 23.0 Å². The van der Waals surface area contributed by atoms with Gasteiger partial charge >= 0.3 is 5.97 Å². The van der Waals surface area contributed by atoms with Crippen LogP contribution < -0.4 is 14.2 Å². The molecule has 1 heterocycles. The van der Waals surface area contributed by atoms with Crippen LogP contribution in [0, 0.1) is 6.92 Å². The molecular weight excluding hydrogens is 436 g/mol. The van der Waals surface area contributed by atoms with Gasteiger partial charge in [0.25, 0.3) is 0 Å². The molecule has 33 heavy (non-hydrogen) atoms. The Kier molecular flexibility index (Phi) is 6.66. The highest BCUT2D eigenvalue weighted by molar-refractivity contribution is 7.22. The molecular formula is C27H24O5S. The molecule has 0 aliphatic carbocycles. The Hall–Kier alpha value is -3.77. The number of benzene rings is 3. The molecule has 168 valence electrons. The first kappa shape index (κ1) is 22.4. The highest BCUT2D eigenvalue weighted by atomic mass is 32.1. The Morgan fingerprint density at radius 3 is 2.30 bits per heavy atom. The smallest absolute Gasteiger partial charge is 0.330 e. The zero-order valence-corrected chi connectivity index (χ0v) is 19.7. The van der Waals surface area contributed by atoms with Crippen LogP contribution in [0.4, 0.5) is 0 Å². The van der Waals surface area contributed by atoms with Gasteiger partial charge in [-0.2, -0.15) is 0 Å². The molecule has 1 aromatic heterocycles. The minimum Gasteiger partial charge on any atom is -0.497 e. The van der Waals surface area contributed by atoms with E-state index in [-0.39, 0.29) is 0 Å². The first-order valence-corrected chi connectivity index (χ1v) is 11.1. The second-order valence-electron chi connectivity index (χ2n) is 7.33. The van der Waals surface area contributed by atoms with Gasteiger partial charge in [-0.15, -0.1) is 11.3 Å². The molecule has 0 radical (unpaired) electrons. The van der Waals surface area contributed by atoms with Crippen molar-refractivity contribution < 1.29 is 23.7 Å². The topological polar surface area (TPSA) is 54.0 Å². The third-order valence-corrected chi connectivity index (χ3v) is 6.40. The number of esters is 1. The summed E-state index contributed by atoms with van der Waals surface area (Å²) in [5.41, 5.74) is 2.98. The molecule has 0 spiro atoms. The molecule has 6 heteroatoms. The lowest BCUT2D eigenvalue weighted by atomic mass is 10.1. The van der Waals surface area contributed by atoms with E-state index in [0.717, 1.165) is 48.9 Å². The van der Waals surface area contributed by atoms with Crippen LogP contribution in [0.15, 0.2) is 66.7 Å². The molecule has 4 rings (SSSR count). The Balaban J connectivity index is 1.74. The van der Waals surface area contributed by atoms with Crippen molar-refractivity contribution in [3.05, 3.63) is 77.9 Å². The van der Waals surface area contributed by atoms with Crippen LogP contribution in [0.1, 0.15) is 11.1 Å². The number of methoxy groups -OCH3 is 3. The van der Waals surface area contributed by atoms with Crippen molar-refractivity contribution in [1.82, 2.24) is 0 Å². The highest BCUT2D eigenvalue weighted by Gasteiger charge is 2.18. The van der Waals surface area contributed by atoms with Crippen LogP contribution in [-0.4, -0.2) is 27.3 Å². The van der Waals surface area contributed by atoms with Crippen LogP contribution in [0.2, 0.25) is 0 Å². The summed E-state index contributed by atoms with van der Waals surface area (Å²) in [5, 5.41) is 1.01. The number of carbonyl (C=O) groups is 1. The summed E-state index contributed by atoms with van der Waals surface area (Å²) in [6.45, 7) is 2.03. The van der Waals surface area contributed by atoms with E-state index < -0.39 is 5.97 Å². The first-order valence-electron chi connectivity index (χ1n) is 10.3. The Bertz CT molecular complexity index is 1320. The van der Waals surface area contributed by atoms with Crippen molar-refractivity contribution in [2.24, 2.45) is 0 Å². The molecule has 0 unspecified atom stereocenters. The van der Waals surface area contributed by atoms with Gasteiger partial charge in [0.05, 0.1) is 26.2 Å². The summed E-state index contributed by atoms with van der Waals surface area (Å²) in [4.78, 5) is 12.3. The molecule has 0 aliphatic heterocycles. The number of hydrogen-bond acceptors (Lipinski definition) is 6. The van der Waals surface area contributed by atoms with Crippen molar-refractivity contribution in [3.63, 3.8) is 0 Å². The fourth-order valence-corrected chi connectivity index (χ4v) is 4.64. The molecule has 0 saturated carbocycles. The van der Waals surface area contributed by atoms with Crippen molar-refractivity contribution in [2.75, 3.05) is 21.3 Å². The third kappa shape index (κ3) is 4.86. The predicted molar refractivity (Wildman–Crippen MR) is 133 cm³/mol. The first-order chi connectivity index (χ1) is 16.0. The molecule has 0 N–H and O–H groups in total. The van der Waals surface area contributed by atoms with Gasteiger partial charge in [-0.25, -0.2) is 4.79 Å². The summed E-state index contributed by atoms with van der Waals surface area (Å²) in [6.07, 6.45) is 3.09. The molecule has 3 aromatic carbocycles. The normalized spacial score (nSPS) is 11.0. The van der Waals surface area contributed by atoms with Gasteiger partial charge < -0.3 is 18.9 Å². The standard InChI is InChI=1S/C27H24O5S/c1-17-15-19(8-13-23(17)30-3)27-26(22-12-11-21(29-2)16-24(22)33-27)32-20-9-5-18(6-10-20)7-14-25(28)31-4/h5-16H,1-4H3/b14-7+. The molecule has 0 saturated heterocycles. The second-order valence-corrected chi connectivity index (χ2v) is 8.39. The van der Waals surface area contributed by atoms with Gasteiger partial charge in [-0.05, 0) is 78.2 Å². The SMILES string of the molecule is COC(=O)/C=C/c1ccc(Oc2c(-c3ccc(OC)c(C)c3)sc3cc(OC)ccc23)cc1. The maximum atomic E-state index is 11.3. The maximum absolute atomic E-state index is 11.3. The zero-order valence-electron chi connectivity index (χ0n) is 18.9. The number of hydrogen-bond donors (Lipinski definition) is 0. The largest absolute Gasteiger partial charge is 0.497 e. The summed E-state index contributed by atoms with van der Waals surface area (Å²) >= 11 is 1.66. The lowest BCUT2D eigenvalue weighted by Crippen LogP contribution is -1.93. The number of carbonyl (C=O) groups excluding carboxylic acids is 1. The number of thiophene rings is 1. The van der Waals surface area contributed by atoms with Crippen molar-refractivity contribution in [2.45, 2.75) is 6.92 Å². The summed E-state index contributed by atoms with van der Waals surface area (Å²) < 4.78 is 23.0. The van der Waals surface area contributed by atoms with E-state index >= 15 is 0 Å². The second kappa shape index (κ2) is 9.79. The van der Waals surface area contributed by atoms with E-state index in [4.69, 9.17) is 14.2 Å². The quantitative estimate of drug-likeness (QED) is 0.222. The number of ether oxygens (including phenoxy) is 4. The van der Waals surface area contributed by atoms with E-state index in [0.29, 0.717) is 5.75 Å². The Morgan fingerprint density at radius 1 is 0.879 bits per heavy atom. The maximum Gasteiger partial charge on any atom is 0.330 e. The van der Waals surface area contributed by atoms with Crippen LogP contribution in [0.3, 0.4) is 0 Å². The predicted octanol–water partition coefficient (Wildman–Crippen LogP) is 6.87. The average molecular weight is 461 g/mol. The number of aryl methyl sites for hydroxylation is 1. The van der Waals surface area contributed by atoms with Crippen LogP contribution in [0.25, 0.3) is 26.6 Å². The number of fused-ring (bicyclic) bond motifs is 1. The van der Waals surface area contributed by atoms with Crippen LogP contribution >= 0.6 is 11.3 Å². The van der Waals surface area contributed by atoms with E-state index in [1.54, 1.807) is 31.6 Å². The lowest BCUT2D eigenvalue weighted by Gasteiger charge is -2.10. The molecule has 0 bridgehead atoms. The van der Waals surface area contributed by atoms with E-state index in [1.165, 1.54) is 13.2 Å². The molecule has 0 amide bonds. The Labute approximate surface area is 196 Å². The number of rotatable bonds is 7. The van der Waals surface area contributed by atoms with Gasteiger partial charge in [0.2, 0.25) is 0 Å². The van der Waals surface area contributed by atoms with E-state index in [2.05, 4.69) is 10.8 Å². The van der Waals surface area contributed by atoms with E-state index in [9.17, 15) is 4.79 Å². The van der Waals surface area contributed by atoms with Crippen molar-refractivity contribution >= 4 is 33.5 Å². The van der Waals surface area contributed by atoms with Gasteiger partial charge in [-0.1, -0.05) is 12.1 Å². The fourth-order valence-electron chi connectivity index (χ4n) is 3.49. The summed E-state index contributed by atoms with van der Waals surface area (Å²) in [6, 6.07) is 19.6.